The molecule has 0 spiro atoms. The van der Waals surface area contributed by atoms with E-state index >= 15 is 0 Å². The van der Waals surface area contributed by atoms with Crippen LogP contribution < -0.4 is 0 Å². The van der Waals surface area contributed by atoms with Crippen LogP contribution in [0.25, 0.3) is 0 Å². The summed E-state index contributed by atoms with van der Waals surface area (Å²) in [5.41, 5.74) is -2.98. The van der Waals surface area contributed by atoms with Gasteiger partial charge in [0.25, 0.3) is 0 Å². The van der Waals surface area contributed by atoms with Crippen LogP contribution in [0.2, 0.25) is 0 Å². The summed E-state index contributed by atoms with van der Waals surface area (Å²) in [6, 6.07) is 21.4. The summed E-state index contributed by atoms with van der Waals surface area (Å²) in [4.78, 5) is 4.89. The van der Waals surface area contributed by atoms with Gasteiger partial charge < -0.3 is 4.55 Å². The number of halogens is 3. The molecule has 0 heterocycles. The van der Waals surface area contributed by atoms with Crippen LogP contribution >= 0.6 is 0 Å². The molecule has 0 saturated carbocycles. The standard InChI is InChI=1S/C21H30N3.CHF3O3S/c1-5-23(6-2)21(22(3)4)24(17-19-13-9-7-10-14-19)18-20-15-11-8-12-16-20;2-1(3,4)8(5,6)7/h7-16H,5-6,17-18H2,1-4H3;(H,5,6,7)/q+1;/p-1. The predicted octanol–water partition coefficient (Wildman–Crippen LogP) is 3.71. The molecule has 0 aromatic heterocycles. The van der Waals surface area contributed by atoms with Crippen molar-refractivity contribution in [1.82, 2.24) is 9.80 Å². The molecule has 0 fully saturated rings. The fraction of sp³-hybridized carbons (Fsp3) is 0.409. The van der Waals surface area contributed by atoms with E-state index in [9.17, 15) is 13.2 Å². The van der Waals surface area contributed by atoms with E-state index in [-0.39, 0.29) is 0 Å². The van der Waals surface area contributed by atoms with Crippen molar-refractivity contribution < 1.29 is 30.7 Å². The monoisotopic (exact) mass is 473 g/mol. The number of alkyl halides is 3. The molecule has 2 aromatic rings. The van der Waals surface area contributed by atoms with Gasteiger partial charge in [-0.25, -0.2) is 8.42 Å². The van der Waals surface area contributed by atoms with E-state index in [4.69, 9.17) is 13.0 Å². The van der Waals surface area contributed by atoms with Crippen molar-refractivity contribution in [3.05, 3.63) is 71.8 Å². The number of benzene rings is 2. The lowest BCUT2D eigenvalue weighted by molar-refractivity contribution is -0.477. The molecule has 0 atom stereocenters. The van der Waals surface area contributed by atoms with Crippen molar-refractivity contribution in [1.29, 1.82) is 0 Å². The number of hydrogen-bond donors (Lipinski definition) is 0. The maximum absolute atomic E-state index is 10.7. The van der Waals surface area contributed by atoms with E-state index < -0.39 is 15.6 Å². The van der Waals surface area contributed by atoms with Crippen molar-refractivity contribution in [2.75, 3.05) is 27.2 Å². The SMILES string of the molecule is CCN(CC)C(N(Cc1ccccc1)Cc1ccccc1)=[N+](C)C.O=S(=O)([O-])C(F)(F)F. The molecule has 0 radical (unpaired) electrons. The normalized spacial score (nSPS) is 11.2. The molecular weight excluding hydrogens is 443 g/mol. The average molecular weight is 474 g/mol. The molecule has 0 aliphatic heterocycles. The molecule has 0 N–H and O–H groups in total. The maximum atomic E-state index is 10.7. The first-order valence-corrected chi connectivity index (χ1v) is 11.5. The van der Waals surface area contributed by atoms with Crippen LogP contribution in [0, 0.1) is 0 Å². The molecule has 0 amide bonds. The van der Waals surface area contributed by atoms with Gasteiger partial charge in [0.1, 0.15) is 0 Å². The van der Waals surface area contributed by atoms with Crippen LogP contribution in [0.5, 0.6) is 0 Å². The molecular formula is C22H30F3N3O3S. The van der Waals surface area contributed by atoms with E-state index in [0.717, 1.165) is 26.2 Å². The van der Waals surface area contributed by atoms with Crippen LogP contribution in [-0.2, 0) is 23.2 Å². The number of guanidine groups is 1. The van der Waals surface area contributed by atoms with Gasteiger partial charge >= 0.3 is 11.5 Å². The number of nitrogens with zero attached hydrogens (tertiary/aromatic N) is 3. The average Bonchev–Trinajstić information content (AvgIpc) is 2.71. The number of rotatable bonds is 6. The van der Waals surface area contributed by atoms with Gasteiger partial charge in [-0.05, 0) is 25.0 Å². The largest absolute Gasteiger partial charge is 0.741 e. The van der Waals surface area contributed by atoms with Gasteiger partial charge in [-0.2, -0.15) is 13.2 Å². The Morgan fingerprint density at radius 1 is 0.844 bits per heavy atom. The highest BCUT2D eigenvalue weighted by molar-refractivity contribution is 7.86. The van der Waals surface area contributed by atoms with Crippen LogP contribution in [0.15, 0.2) is 60.7 Å². The third kappa shape index (κ3) is 8.88. The summed E-state index contributed by atoms with van der Waals surface area (Å²) < 4.78 is 61.1. The van der Waals surface area contributed by atoms with Gasteiger partial charge in [0.2, 0.25) is 0 Å². The third-order valence-electron chi connectivity index (χ3n) is 4.45. The predicted molar refractivity (Wildman–Crippen MR) is 118 cm³/mol. The minimum atomic E-state index is -6.09. The molecule has 0 aliphatic carbocycles. The Kier molecular flexibility index (Phi) is 10.7. The Hall–Kier alpha value is -2.59. The van der Waals surface area contributed by atoms with Gasteiger partial charge in [0.15, 0.2) is 10.1 Å². The molecule has 0 bridgehead atoms. The van der Waals surface area contributed by atoms with Crippen molar-refractivity contribution >= 4 is 16.1 Å². The van der Waals surface area contributed by atoms with Gasteiger partial charge in [0, 0.05) is 0 Å². The van der Waals surface area contributed by atoms with Crippen LogP contribution in [0.3, 0.4) is 0 Å². The lowest BCUT2D eigenvalue weighted by atomic mass is 10.1. The molecule has 6 nitrogen and oxygen atoms in total. The van der Waals surface area contributed by atoms with Crippen molar-refractivity contribution in [2.45, 2.75) is 32.4 Å². The highest BCUT2D eigenvalue weighted by Gasteiger charge is 2.36. The van der Waals surface area contributed by atoms with Crippen molar-refractivity contribution in [3.8, 4) is 0 Å². The number of hydrogen-bond acceptors (Lipinski definition) is 3. The van der Waals surface area contributed by atoms with Crippen molar-refractivity contribution in [2.24, 2.45) is 0 Å². The lowest BCUT2D eigenvalue weighted by Crippen LogP contribution is -2.47. The first kappa shape index (κ1) is 27.4. The van der Waals surface area contributed by atoms with Gasteiger partial charge in [-0.3, -0.25) is 14.4 Å². The summed E-state index contributed by atoms with van der Waals surface area (Å²) in [5, 5.41) is 0. The Balaban J connectivity index is 0.000000547. The smallest absolute Gasteiger partial charge is 0.485 e. The van der Waals surface area contributed by atoms with Gasteiger partial charge in [0.05, 0.1) is 40.3 Å². The van der Waals surface area contributed by atoms with E-state index in [1.807, 2.05) is 0 Å². The zero-order valence-corrected chi connectivity index (χ0v) is 19.5. The fourth-order valence-corrected chi connectivity index (χ4v) is 3.08. The highest BCUT2D eigenvalue weighted by Crippen LogP contribution is 2.20. The van der Waals surface area contributed by atoms with Crippen LogP contribution in [0.4, 0.5) is 13.2 Å². The van der Waals surface area contributed by atoms with Crippen molar-refractivity contribution in [3.63, 3.8) is 0 Å². The van der Waals surface area contributed by atoms with E-state index in [1.165, 1.54) is 17.1 Å². The molecule has 178 valence electrons. The first-order valence-electron chi connectivity index (χ1n) is 10.0. The van der Waals surface area contributed by atoms with Crippen LogP contribution in [0.1, 0.15) is 25.0 Å². The van der Waals surface area contributed by atoms with Gasteiger partial charge in [-0.15, -0.1) is 0 Å². The zero-order valence-electron chi connectivity index (χ0n) is 18.7. The second-order valence-corrected chi connectivity index (χ2v) is 8.46. The summed E-state index contributed by atoms with van der Waals surface area (Å²) in [6.45, 7) is 8.25. The highest BCUT2D eigenvalue weighted by atomic mass is 32.2. The molecule has 32 heavy (non-hydrogen) atoms. The minimum absolute atomic E-state index is 0.903. The second kappa shape index (κ2) is 12.4. The molecule has 0 saturated heterocycles. The summed E-state index contributed by atoms with van der Waals surface area (Å²) in [7, 11) is -1.82. The molecule has 0 aliphatic rings. The lowest BCUT2D eigenvalue weighted by Gasteiger charge is -2.28. The minimum Gasteiger partial charge on any atom is -0.741 e. The van der Waals surface area contributed by atoms with Gasteiger partial charge in [-0.1, -0.05) is 60.7 Å². The Morgan fingerprint density at radius 3 is 1.44 bits per heavy atom. The summed E-state index contributed by atoms with van der Waals surface area (Å²) in [5.74, 6) is 1.27. The summed E-state index contributed by atoms with van der Waals surface area (Å²) in [6.07, 6.45) is 0. The molecule has 0 unspecified atom stereocenters. The molecule has 2 aromatic carbocycles. The Bertz CT molecular complexity index is 901. The van der Waals surface area contributed by atoms with Crippen LogP contribution in [-0.4, -0.2) is 66.0 Å². The van der Waals surface area contributed by atoms with E-state index in [2.05, 4.69) is 103 Å². The first-order chi connectivity index (χ1) is 14.9. The Labute approximate surface area is 188 Å². The van der Waals surface area contributed by atoms with E-state index in [0.29, 0.717) is 0 Å². The zero-order chi connectivity index (χ0) is 24.4. The fourth-order valence-electron chi connectivity index (χ4n) is 3.08. The third-order valence-corrected chi connectivity index (χ3v) is 5.01. The molecule has 10 heteroatoms. The topological polar surface area (TPSA) is 66.7 Å². The quantitative estimate of drug-likeness (QED) is 0.210. The molecule has 2 rings (SSSR count). The maximum Gasteiger partial charge on any atom is 0.485 e. The summed E-state index contributed by atoms with van der Waals surface area (Å²) >= 11 is 0. The Morgan fingerprint density at radius 2 is 1.19 bits per heavy atom. The second-order valence-electron chi connectivity index (χ2n) is 7.09. The van der Waals surface area contributed by atoms with E-state index in [1.54, 1.807) is 0 Å².